The fourth-order valence-corrected chi connectivity index (χ4v) is 3.64. The highest BCUT2D eigenvalue weighted by atomic mass is 19.1. The number of anilines is 1. The van der Waals surface area contributed by atoms with E-state index >= 15 is 0 Å². The van der Waals surface area contributed by atoms with Crippen LogP contribution >= 0.6 is 0 Å². The maximum Gasteiger partial charge on any atom is 0.186 e. The zero-order valence-corrected chi connectivity index (χ0v) is 15.6. The fourth-order valence-electron chi connectivity index (χ4n) is 3.64. The van der Waals surface area contributed by atoms with Gasteiger partial charge in [-0.1, -0.05) is 54.6 Å². The number of carbonyl (C=O) groups is 1. The fraction of sp³-hybridized carbons (Fsp3) is 0.160. The van der Waals surface area contributed by atoms with Gasteiger partial charge >= 0.3 is 0 Å². The molecule has 28 heavy (non-hydrogen) atoms. The molecule has 4 rings (SSSR count). The van der Waals surface area contributed by atoms with Gasteiger partial charge in [0.25, 0.3) is 0 Å². The maximum absolute atomic E-state index is 13.6. The van der Waals surface area contributed by atoms with Crippen molar-refractivity contribution in [2.24, 2.45) is 0 Å². The lowest BCUT2D eigenvalue weighted by atomic mass is 9.96. The summed E-state index contributed by atoms with van der Waals surface area (Å²) in [6.45, 7) is 2.23. The summed E-state index contributed by atoms with van der Waals surface area (Å²) >= 11 is 0. The minimum absolute atomic E-state index is 0.0940. The summed E-state index contributed by atoms with van der Waals surface area (Å²) in [5.74, 6) is -0.406. The van der Waals surface area contributed by atoms with E-state index in [1.165, 1.54) is 30.7 Å². The molecule has 3 aromatic carbocycles. The van der Waals surface area contributed by atoms with E-state index in [4.69, 9.17) is 0 Å². The Bertz CT molecular complexity index is 1000. The number of carbonyl (C=O) groups excluding carboxylic acids is 1. The normalized spacial score (nSPS) is 14.0. The Kier molecular flexibility index (Phi) is 5.34. The van der Waals surface area contributed by atoms with Crippen LogP contribution in [-0.2, 0) is 0 Å². The molecular weight excluding hydrogens is 349 g/mol. The Hall–Kier alpha value is -3.20. The molecule has 1 heterocycles. The van der Waals surface area contributed by atoms with Crippen LogP contribution in [0.5, 0.6) is 0 Å². The van der Waals surface area contributed by atoms with E-state index in [1.54, 1.807) is 18.2 Å². The third-order valence-corrected chi connectivity index (χ3v) is 5.12. The van der Waals surface area contributed by atoms with E-state index in [-0.39, 0.29) is 11.6 Å². The predicted octanol–water partition coefficient (Wildman–Crippen LogP) is 5.99. The molecule has 0 radical (unpaired) electrons. The second kappa shape index (κ2) is 8.22. The van der Waals surface area contributed by atoms with Crippen LogP contribution in [-0.4, -0.2) is 18.9 Å². The average molecular weight is 371 g/mol. The highest BCUT2D eigenvalue weighted by Crippen LogP contribution is 2.25. The molecular formula is C25H22FNO. The average Bonchev–Trinajstić information content (AvgIpc) is 3.27. The van der Waals surface area contributed by atoms with Gasteiger partial charge in [-0.15, -0.1) is 0 Å². The van der Waals surface area contributed by atoms with E-state index in [2.05, 4.69) is 17.0 Å². The van der Waals surface area contributed by atoms with Crippen LogP contribution in [0, 0.1) is 5.82 Å². The molecule has 0 atom stereocenters. The van der Waals surface area contributed by atoms with Gasteiger partial charge in [0.05, 0.1) is 0 Å². The Labute approximate surface area is 164 Å². The smallest absolute Gasteiger partial charge is 0.186 e. The van der Waals surface area contributed by atoms with Crippen molar-refractivity contribution >= 4 is 17.5 Å². The lowest BCUT2D eigenvalue weighted by molar-refractivity contribution is 0.104. The van der Waals surface area contributed by atoms with Crippen LogP contribution in [0.25, 0.3) is 17.2 Å². The highest BCUT2D eigenvalue weighted by Gasteiger charge is 2.12. The third kappa shape index (κ3) is 4.04. The van der Waals surface area contributed by atoms with Gasteiger partial charge in [0.15, 0.2) is 5.78 Å². The summed E-state index contributed by atoms with van der Waals surface area (Å²) in [6.07, 6.45) is 5.92. The van der Waals surface area contributed by atoms with Gasteiger partial charge in [0.1, 0.15) is 5.82 Å². The number of benzene rings is 3. The summed E-state index contributed by atoms with van der Waals surface area (Å²) < 4.78 is 13.6. The van der Waals surface area contributed by atoms with Crippen LogP contribution < -0.4 is 4.90 Å². The van der Waals surface area contributed by atoms with Crippen molar-refractivity contribution in [1.29, 1.82) is 0 Å². The Morgan fingerprint density at radius 3 is 2.39 bits per heavy atom. The van der Waals surface area contributed by atoms with Gasteiger partial charge in [0.2, 0.25) is 0 Å². The van der Waals surface area contributed by atoms with E-state index in [9.17, 15) is 9.18 Å². The molecule has 0 spiro atoms. The van der Waals surface area contributed by atoms with Gasteiger partial charge in [-0.25, -0.2) is 4.39 Å². The SMILES string of the molecule is O=C(/C=C/c1ccc(N2CCCC2)cc1)c1ccccc1-c1cccc(F)c1. The Morgan fingerprint density at radius 2 is 1.64 bits per heavy atom. The van der Waals surface area contributed by atoms with Crippen LogP contribution in [0.4, 0.5) is 10.1 Å². The van der Waals surface area contributed by atoms with Crippen molar-refractivity contribution < 1.29 is 9.18 Å². The van der Waals surface area contributed by atoms with Gasteiger partial charge < -0.3 is 4.90 Å². The van der Waals surface area contributed by atoms with Gasteiger partial charge in [-0.2, -0.15) is 0 Å². The number of halogens is 1. The van der Waals surface area contributed by atoms with Gasteiger partial charge in [0, 0.05) is 24.3 Å². The number of hydrogen-bond donors (Lipinski definition) is 0. The minimum atomic E-state index is -0.312. The van der Waals surface area contributed by atoms with E-state index in [0.717, 1.165) is 24.2 Å². The first-order valence-electron chi connectivity index (χ1n) is 9.63. The lowest BCUT2D eigenvalue weighted by Gasteiger charge is -2.17. The maximum atomic E-state index is 13.6. The second-order valence-electron chi connectivity index (χ2n) is 7.04. The molecule has 1 aliphatic rings. The molecule has 3 heteroatoms. The molecule has 1 fully saturated rings. The number of nitrogens with zero attached hydrogens (tertiary/aromatic N) is 1. The predicted molar refractivity (Wildman–Crippen MR) is 113 cm³/mol. The first-order chi connectivity index (χ1) is 13.7. The molecule has 2 nitrogen and oxygen atoms in total. The monoisotopic (exact) mass is 371 g/mol. The van der Waals surface area contributed by atoms with Crippen molar-refractivity contribution in [3.63, 3.8) is 0 Å². The molecule has 1 aliphatic heterocycles. The molecule has 0 unspecified atom stereocenters. The molecule has 0 aliphatic carbocycles. The van der Waals surface area contributed by atoms with Crippen LogP contribution in [0.1, 0.15) is 28.8 Å². The lowest BCUT2D eigenvalue weighted by Crippen LogP contribution is -2.17. The zero-order chi connectivity index (χ0) is 19.3. The second-order valence-corrected chi connectivity index (χ2v) is 7.04. The molecule has 1 saturated heterocycles. The van der Waals surface area contributed by atoms with Crippen molar-refractivity contribution in [2.45, 2.75) is 12.8 Å². The molecule has 0 bridgehead atoms. The van der Waals surface area contributed by atoms with Crippen molar-refractivity contribution in [1.82, 2.24) is 0 Å². The number of hydrogen-bond acceptors (Lipinski definition) is 2. The molecule has 0 amide bonds. The third-order valence-electron chi connectivity index (χ3n) is 5.12. The Morgan fingerprint density at radius 1 is 0.893 bits per heavy atom. The van der Waals surface area contributed by atoms with Crippen molar-refractivity contribution in [3.05, 3.63) is 95.8 Å². The molecule has 0 aromatic heterocycles. The highest BCUT2D eigenvalue weighted by molar-refractivity contribution is 6.10. The topological polar surface area (TPSA) is 20.3 Å². The Balaban J connectivity index is 1.54. The first-order valence-corrected chi connectivity index (χ1v) is 9.63. The number of rotatable bonds is 5. The first kappa shape index (κ1) is 18.2. The van der Waals surface area contributed by atoms with Crippen LogP contribution in [0.15, 0.2) is 78.9 Å². The largest absolute Gasteiger partial charge is 0.372 e. The summed E-state index contributed by atoms with van der Waals surface area (Å²) in [6, 6.07) is 21.9. The summed E-state index contributed by atoms with van der Waals surface area (Å²) in [4.78, 5) is 15.2. The van der Waals surface area contributed by atoms with Crippen LogP contribution in [0.2, 0.25) is 0 Å². The van der Waals surface area contributed by atoms with Crippen LogP contribution in [0.3, 0.4) is 0 Å². The number of ketones is 1. The molecule has 140 valence electrons. The summed E-state index contributed by atoms with van der Waals surface area (Å²) in [5, 5.41) is 0. The van der Waals surface area contributed by atoms with Gasteiger partial charge in [-0.3, -0.25) is 4.79 Å². The molecule has 0 saturated carbocycles. The van der Waals surface area contributed by atoms with Crippen molar-refractivity contribution in [2.75, 3.05) is 18.0 Å². The van der Waals surface area contributed by atoms with E-state index in [0.29, 0.717) is 11.1 Å². The number of allylic oxidation sites excluding steroid dienone is 1. The van der Waals surface area contributed by atoms with E-state index < -0.39 is 0 Å². The summed E-state index contributed by atoms with van der Waals surface area (Å²) in [7, 11) is 0. The van der Waals surface area contributed by atoms with Gasteiger partial charge in [-0.05, 0) is 59.9 Å². The molecule has 0 N–H and O–H groups in total. The molecule has 3 aromatic rings. The quantitative estimate of drug-likeness (QED) is 0.406. The van der Waals surface area contributed by atoms with Crippen molar-refractivity contribution in [3.8, 4) is 11.1 Å². The summed E-state index contributed by atoms with van der Waals surface area (Å²) in [5.41, 5.74) is 4.23. The minimum Gasteiger partial charge on any atom is -0.372 e. The zero-order valence-electron chi connectivity index (χ0n) is 15.6. The standard InChI is InChI=1S/C25H22FNO/c26-21-7-5-6-20(18-21)23-8-1-2-9-24(23)25(28)15-12-19-10-13-22(14-11-19)27-16-3-4-17-27/h1-2,5-15,18H,3-4,16-17H2/b15-12+. The van der Waals surface area contributed by atoms with E-state index in [1.807, 2.05) is 42.5 Å².